The first kappa shape index (κ1) is 14.6. The summed E-state index contributed by atoms with van der Waals surface area (Å²) in [5, 5.41) is 0. The zero-order chi connectivity index (χ0) is 15.0. The Balaban J connectivity index is 2.38. The van der Waals surface area contributed by atoms with Gasteiger partial charge in [0.25, 0.3) is 0 Å². The van der Waals surface area contributed by atoms with Crippen molar-refractivity contribution in [3.8, 4) is 11.1 Å². The van der Waals surface area contributed by atoms with Gasteiger partial charge in [0.05, 0.1) is 5.56 Å². The number of halogens is 3. The number of alkyl halides is 3. The summed E-state index contributed by atoms with van der Waals surface area (Å²) in [5.41, 5.74) is 1.96. The van der Waals surface area contributed by atoms with Crippen LogP contribution in [-0.2, 0) is 11.6 Å². The average molecular weight is 278 g/mol. The van der Waals surface area contributed by atoms with Gasteiger partial charge >= 0.3 is 6.18 Å². The third-order valence-corrected chi connectivity index (χ3v) is 3.27. The first-order chi connectivity index (χ1) is 9.18. The molecule has 2 rings (SSSR count). The fraction of sp³-hybridized carbons (Fsp3) is 0.294. The third kappa shape index (κ3) is 3.21. The standard InChI is InChI=1S/C17H17F3/c1-16(2,3)14-9-7-12(8-10-14)13-5-4-6-15(11-13)17(18,19)20/h4-11H,1-3H3. The van der Waals surface area contributed by atoms with Crippen molar-refractivity contribution in [2.24, 2.45) is 0 Å². The van der Waals surface area contributed by atoms with Crippen molar-refractivity contribution < 1.29 is 13.2 Å². The van der Waals surface area contributed by atoms with Crippen LogP contribution >= 0.6 is 0 Å². The van der Waals surface area contributed by atoms with Gasteiger partial charge in [0.2, 0.25) is 0 Å². The molecule has 0 unspecified atom stereocenters. The normalized spacial score (nSPS) is 12.5. The molecule has 0 spiro atoms. The van der Waals surface area contributed by atoms with E-state index in [0.29, 0.717) is 5.56 Å². The van der Waals surface area contributed by atoms with Crippen LogP contribution in [0.25, 0.3) is 11.1 Å². The molecular weight excluding hydrogens is 261 g/mol. The van der Waals surface area contributed by atoms with E-state index in [1.54, 1.807) is 6.07 Å². The highest BCUT2D eigenvalue weighted by Gasteiger charge is 2.30. The fourth-order valence-electron chi connectivity index (χ4n) is 2.04. The molecule has 2 aromatic rings. The molecule has 0 aliphatic carbocycles. The maximum absolute atomic E-state index is 12.7. The van der Waals surface area contributed by atoms with E-state index in [1.807, 2.05) is 24.3 Å². The lowest BCUT2D eigenvalue weighted by molar-refractivity contribution is -0.137. The van der Waals surface area contributed by atoms with E-state index in [0.717, 1.165) is 17.2 Å². The van der Waals surface area contributed by atoms with E-state index in [2.05, 4.69) is 20.8 Å². The van der Waals surface area contributed by atoms with Crippen molar-refractivity contribution in [3.63, 3.8) is 0 Å². The lowest BCUT2D eigenvalue weighted by Gasteiger charge is -2.19. The Labute approximate surface area is 117 Å². The molecular formula is C17H17F3. The quantitative estimate of drug-likeness (QED) is 0.630. The van der Waals surface area contributed by atoms with Gasteiger partial charge in [0.1, 0.15) is 0 Å². The minimum Gasteiger partial charge on any atom is -0.166 e. The largest absolute Gasteiger partial charge is 0.416 e. The second-order valence-electron chi connectivity index (χ2n) is 5.91. The molecule has 0 aliphatic rings. The molecule has 0 fully saturated rings. The van der Waals surface area contributed by atoms with E-state index in [1.165, 1.54) is 12.1 Å². The van der Waals surface area contributed by atoms with Gasteiger partial charge in [-0.05, 0) is 34.2 Å². The van der Waals surface area contributed by atoms with Crippen molar-refractivity contribution in [1.82, 2.24) is 0 Å². The molecule has 0 amide bonds. The molecule has 0 nitrogen and oxygen atoms in total. The number of rotatable bonds is 1. The van der Waals surface area contributed by atoms with Crippen LogP contribution < -0.4 is 0 Å². The summed E-state index contributed by atoms with van der Waals surface area (Å²) in [6.45, 7) is 6.31. The van der Waals surface area contributed by atoms with Crippen molar-refractivity contribution >= 4 is 0 Å². The zero-order valence-corrected chi connectivity index (χ0v) is 11.8. The van der Waals surface area contributed by atoms with Gasteiger partial charge < -0.3 is 0 Å². The van der Waals surface area contributed by atoms with E-state index in [9.17, 15) is 13.2 Å². The minimum absolute atomic E-state index is 0.0341. The van der Waals surface area contributed by atoms with Gasteiger partial charge in [-0.25, -0.2) is 0 Å². The summed E-state index contributed by atoms with van der Waals surface area (Å²) in [4.78, 5) is 0. The maximum atomic E-state index is 12.7. The van der Waals surface area contributed by atoms with Crippen LogP contribution in [0, 0.1) is 0 Å². The Morgan fingerprint density at radius 2 is 1.30 bits per heavy atom. The SMILES string of the molecule is CC(C)(C)c1ccc(-c2cccc(C(F)(F)F)c2)cc1. The number of hydrogen-bond acceptors (Lipinski definition) is 0. The zero-order valence-electron chi connectivity index (χ0n) is 11.8. The summed E-state index contributed by atoms with van der Waals surface area (Å²) in [7, 11) is 0. The summed E-state index contributed by atoms with van der Waals surface area (Å²) in [6, 6.07) is 13.1. The molecule has 3 heteroatoms. The maximum Gasteiger partial charge on any atom is 0.416 e. The molecule has 2 aromatic carbocycles. The molecule has 20 heavy (non-hydrogen) atoms. The predicted octanol–water partition coefficient (Wildman–Crippen LogP) is 5.67. The summed E-state index contributed by atoms with van der Waals surface area (Å²) in [5.74, 6) is 0. The topological polar surface area (TPSA) is 0 Å². The lowest BCUT2D eigenvalue weighted by atomic mass is 9.86. The molecule has 0 saturated carbocycles. The van der Waals surface area contributed by atoms with E-state index in [4.69, 9.17) is 0 Å². The van der Waals surface area contributed by atoms with Gasteiger partial charge in [-0.2, -0.15) is 13.2 Å². The molecule has 0 heterocycles. The molecule has 0 aliphatic heterocycles. The fourth-order valence-corrected chi connectivity index (χ4v) is 2.04. The Kier molecular flexibility index (Phi) is 3.63. The van der Waals surface area contributed by atoms with E-state index >= 15 is 0 Å². The number of benzene rings is 2. The minimum atomic E-state index is -4.30. The summed E-state index contributed by atoms with van der Waals surface area (Å²) >= 11 is 0. The van der Waals surface area contributed by atoms with Gasteiger partial charge in [0.15, 0.2) is 0 Å². The van der Waals surface area contributed by atoms with Crippen LogP contribution in [0.2, 0.25) is 0 Å². The highest BCUT2D eigenvalue weighted by atomic mass is 19.4. The second-order valence-corrected chi connectivity index (χ2v) is 5.91. The van der Waals surface area contributed by atoms with Crippen LogP contribution in [0.5, 0.6) is 0 Å². The van der Waals surface area contributed by atoms with Crippen LogP contribution in [-0.4, -0.2) is 0 Å². The van der Waals surface area contributed by atoms with Gasteiger partial charge in [0, 0.05) is 0 Å². The predicted molar refractivity (Wildman–Crippen MR) is 75.6 cm³/mol. The van der Waals surface area contributed by atoms with Crippen molar-refractivity contribution in [3.05, 3.63) is 59.7 Å². The first-order valence-corrected chi connectivity index (χ1v) is 6.46. The summed E-state index contributed by atoms with van der Waals surface area (Å²) < 4.78 is 38.1. The molecule has 0 saturated heterocycles. The van der Waals surface area contributed by atoms with Crippen molar-refractivity contribution in [1.29, 1.82) is 0 Å². The van der Waals surface area contributed by atoms with E-state index < -0.39 is 11.7 Å². The Bertz CT molecular complexity index is 587. The van der Waals surface area contributed by atoms with Gasteiger partial charge in [-0.3, -0.25) is 0 Å². The smallest absolute Gasteiger partial charge is 0.166 e. The highest BCUT2D eigenvalue weighted by Crippen LogP contribution is 2.32. The first-order valence-electron chi connectivity index (χ1n) is 6.46. The molecule has 0 N–H and O–H groups in total. The summed E-state index contributed by atoms with van der Waals surface area (Å²) in [6.07, 6.45) is -4.30. The highest BCUT2D eigenvalue weighted by molar-refractivity contribution is 5.64. The van der Waals surface area contributed by atoms with Crippen molar-refractivity contribution in [2.45, 2.75) is 32.4 Å². The molecule has 0 atom stereocenters. The van der Waals surface area contributed by atoms with Crippen LogP contribution in [0.3, 0.4) is 0 Å². The Morgan fingerprint density at radius 1 is 0.700 bits per heavy atom. The number of hydrogen-bond donors (Lipinski definition) is 0. The Morgan fingerprint density at radius 3 is 1.80 bits per heavy atom. The molecule has 0 radical (unpaired) electrons. The lowest BCUT2D eigenvalue weighted by Crippen LogP contribution is -2.10. The monoisotopic (exact) mass is 278 g/mol. The van der Waals surface area contributed by atoms with Crippen molar-refractivity contribution in [2.75, 3.05) is 0 Å². The second kappa shape index (κ2) is 4.97. The molecule has 106 valence electrons. The van der Waals surface area contributed by atoms with E-state index in [-0.39, 0.29) is 5.41 Å². The third-order valence-electron chi connectivity index (χ3n) is 3.27. The van der Waals surface area contributed by atoms with Crippen LogP contribution in [0.15, 0.2) is 48.5 Å². The molecule has 0 bridgehead atoms. The van der Waals surface area contributed by atoms with Crippen LogP contribution in [0.4, 0.5) is 13.2 Å². The molecule has 0 aromatic heterocycles. The van der Waals surface area contributed by atoms with Gasteiger partial charge in [-0.15, -0.1) is 0 Å². The average Bonchev–Trinajstić information content (AvgIpc) is 2.37. The Hall–Kier alpha value is -1.77. The van der Waals surface area contributed by atoms with Gasteiger partial charge in [-0.1, -0.05) is 57.2 Å². The van der Waals surface area contributed by atoms with Crippen LogP contribution in [0.1, 0.15) is 31.9 Å².